The van der Waals surface area contributed by atoms with Crippen molar-refractivity contribution in [3.8, 4) is 17.2 Å². The van der Waals surface area contributed by atoms with Crippen LogP contribution < -0.4 is 28.9 Å². The van der Waals surface area contributed by atoms with E-state index in [0.717, 1.165) is 71.3 Å². The number of aryl methyl sites for hydroxylation is 2. The maximum atomic E-state index is 14.4. The summed E-state index contributed by atoms with van der Waals surface area (Å²) in [6.07, 6.45) is 8.15. The first-order chi connectivity index (χ1) is 40.0. The average Bonchev–Trinajstić information content (AvgIpc) is 4.11. The fraction of sp³-hybridized carbons (Fsp3) is 0.444. The number of hydrogen-bond acceptors (Lipinski definition) is 16. The predicted molar refractivity (Wildman–Crippen MR) is 328 cm³/mol. The SMILES string of the molecule is CC=NCC(=O)C(CCSSC(C)(C)CN(CCOCCOCCOC)c1cc(COc2cc3c(cc2C)C(=O)N2c4ccccc4C[C@H]2CC3)cc(COc2cc3c(cc2OC)C(=O)N2c4ccccc4C[C@H]2[C-]=[N+]3C)c1)S(=O)(=O)OC. The van der Waals surface area contributed by atoms with Gasteiger partial charge in [-0.1, -0.05) is 58.0 Å². The number of methoxy groups -OCH3 is 2. The number of nitrogens with zero attached hydrogens (tertiary/aromatic N) is 5. The van der Waals surface area contributed by atoms with E-state index in [4.69, 9.17) is 32.6 Å². The zero-order chi connectivity index (χ0) is 58.8. The van der Waals surface area contributed by atoms with E-state index < -0.39 is 25.9 Å². The molecule has 0 N–H and O–H groups in total. The van der Waals surface area contributed by atoms with Gasteiger partial charge in [0, 0.05) is 77.2 Å². The lowest BCUT2D eigenvalue weighted by Gasteiger charge is -2.34. The minimum atomic E-state index is -4.13. The summed E-state index contributed by atoms with van der Waals surface area (Å²) in [4.78, 5) is 51.8. The van der Waals surface area contributed by atoms with Crippen molar-refractivity contribution in [2.24, 2.45) is 4.99 Å². The first-order valence-corrected chi connectivity index (χ1v) is 31.9. The van der Waals surface area contributed by atoms with Crippen LogP contribution in [-0.4, -0.2) is 152 Å². The molecule has 0 saturated carbocycles. The van der Waals surface area contributed by atoms with Gasteiger partial charge in [0.15, 0.2) is 11.5 Å². The Labute approximate surface area is 496 Å². The van der Waals surface area contributed by atoms with Crippen molar-refractivity contribution in [1.82, 2.24) is 0 Å². The average molecular weight is 1190 g/mol. The van der Waals surface area contributed by atoms with Gasteiger partial charge in [0.25, 0.3) is 16.0 Å². The molecule has 0 aliphatic carbocycles. The summed E-state index contributed by atoms with van der Waals surface area (Å²) in [5, 5.41) is -1.33. The lowest BCUT2D eigenvalue weighted by atomic mass is 9.98. The third kappa shape index (κ3) is 14.5. The first-order valence-electron chi connectivity index (χ1n) is 28.1. The molecule has 17 nitrogen and oxygen atoms in total. The van der Waals surface area contributed by atoms with Gasteiger partial charge in [-0.25, -0.2) is 0 Å². The third-order valence-corrected chi connectivity index (χ3v) is 20.2. The van der Waals surface area contributed by atoms with Crippen LogP contribution in [-0.2, 0) is 65.8 Å². The highest BCUT2D eigenvalue weighted by Gasteiger charge is 2.39. The van der Waals surface area contributed by atoms with E-state index in [-0.39, 0.29) is 50.1 Å². The van der Waals surface area contributed by atoms with Gasteiger partial charge in [-0.15, -0.1) is 0 Å². The second-order valence-electron chi connectivity index (χ2n) is 21.6. The standard InChI is InChI=1S/C63H75N5O12S3/c1-9-64-37-56(69)60(83(72,73)76-8)20-27-81-82-63(3,4)41-66(21-22-77-25-26-78-24-23-74-6)49-30-43(39-79-57-34-45-18-19-48-32-46-14-10-12-16-53(46)67(48)61(70)51(45)28-42(57)2)29-44(31-49)40-80-59-36-55-52(35-58(59)75-7)62(71)68-50(38-65(55)5)33-47-15-11-13-17-54(47)68/h9-17,28-31,34-36,48,50,60H,18-27,32-33,37,39-41H2,1-8H3/t48-,50+,60?/m1/s1. The molecular weight excluding hydrogens is 1110 g/mol. The van der Waals surface area contributed by atoms with Crippen molar-refractivity contribution in [3.05, 3.63) is 136 Å². The monoisotopic (exact) mass is 1190 g/mol. The van der Waals surface area contributed by atoms with Crippen molar-refractivity contribution in [3.63, 3.8) is 0 Å². The maximum Gasteiger partial charge on any atom is 0.277 e. The highest BCUT2D eigenvalue weighted by molar-refractivity contribution is 8.77. The smallest absolute Gasteiger partial charge is 0.277 e. The van der Waals surface area contributed by atoms with E-state index in [1.807, 2.05) is 82.9 Å². The van der Waals surface area contributed by atoms with Crippen LogP contribution in [0.1, 0.15) is 87.7 Å². The molecule has 5 aromatic carbocycles. The second-order valence-corrected chi connectivity index (χ2v) is 26.6. The van der Waals surface area contributed by atoms with E-state index >= 15 is 0 Å². The van der Waals surface area contributed by atoms with Crippen LogP contribution in [0.2, 0.25) is 0 Å². The molecule has 83 heavy (non-hydrogen) atoms. The number of Topliss-reactive ketones (excluding diaryl/α,β-unsaturated/α-hetero) is 1. The molecule has 9 rings (SSSR count). The zero-order valence-corrected chi connectivity index (χ0v) is 51.1. The first kappa shape index (κ1) is 61.3. The molecule has 20 heteroatoms. The Morgan fingerprint density at radius 2 is 1.48 bits per heavy atom. The highest BCUT2D eigenvalue weighted by atomic mass is 33.1. The van der Waals surface area contributed by atoms with Gasteiger partial charge in [0.05, 0.1) is 59.5 Å². The number of hydrogen-bond donors (Lipinski definition) is 0. The lowest BCUT2D eigenvalue weighted by molar-refractivity contribution is -0.401. The molecule has 442 valence electrons. The number of rotatable bonds is 29. The summed E-state index contributed by atoms with van der Waals surface area (Å²) in [5.74, 6) is 1.28. The van der Waals surface area contributed by atoms with Crippen LogP contribution >= 0.6 is 21.6 Å². The zero-order valence-electron chi connectivity index (χ0n) is 48.6. The van der Waals surface area contributed by atoms with Crippen LogP contribution in [0.3, 0.4) is 0 Å². The number of para-hydroxylation sites is 2. The predicted octanol–water partition coefficient (Wildman–Crippen LogP) is 9.53. The largest absolute Gasteiger partial charge is 0.493 e. The van der Waals surface area contributed by atoms with Gasteiger partial charge in [-0.05, 0) is 154 Å². The van der Waals surface area contributed by atoms with Gasteiger partial charge in [-0.3, -0.25) is 23.6 Å². The number of ketones is 1. The van der Waals surface area contributed by atoms with Gasteiger partial charge in [0.2, 0.25) is 5.91 Å². The summed E-state index contributed by atoms with van der Waals surface area (Å²) >= 11 is 0. The summed E-state index contributed by atoms with van der Waals surface area (Å²) in [6, 6.07) is 29.8. The van der Waals surface area contributed by atoms with E-state index in [0.29, 0.717) is 92.4 Å². The van der Waals surface area contributed by atoms with Crippen molar-refractivity contribution < 1.29 is 60.0 Å². The number of aliphatic imine (C=N–C) groups is 1. The number of carbonyl (C=O) groups is 3. The molecule has 0 radical (unpaired) electrons. The lowest BCUT2D eigenvalue weighted by Crippen LogP contribution is -2.39. The Balaban J connectivity index is 1.00. The van der Waals surface area contributed by atoms with E-state index in [2.05, 4.69) is 60.3 Å². The van der Waals surface area contributed by atoms with Crippen LogP contribution in [0, 0.1) is 6.92 Å². The van der Waals surface area contributed by atoms with Crippen LogP contribution in [0.5, 0.6) is 17.2 Å². The number of fused-ring (bicyclic) bond motifs is 8. The molecule has 4 heterocycles. The summed E-state index contributed by atoms with van der Waals surface area (Å²) in [7, 11) is 5.14. The van der Waals surface area contributed by atoms with Crippen LogP contribution in [0.4, 0.5) is 22.7 Å². The molecule has 2 amide bonds. The Morgan fingerprint density at radius 3 is 2.18 bits per heavy atom. The van der Waals surface area contributed by atoms with Gasteiger partial charge >= 0.3 is 0 Å². The maximum absolute atomic E-state index is 14.4. The molecule has 0 aromatic heterocycles. The molecule has 5 aromatic rings. The Bertz CT molecular complexity index is 3350. The van der Waals surface area contributed by atoms with Gasteiger partial charge in [0.1, 0.15) is 37.0 Å². The van der Waals surface area contributed by atoms with Crippen molar-refractivity contribution in [2.45, 2.75) is 95.1 Å². The number of carbonyl (C=O) groups excluding carboxylic acids is 3. The van der Waals surface area contributed by atoms with Crippen molar-refractivity contribution in [1.29, 1.82) is 0 Å². The number of amides is 2. The molecule has 3 atom stereocenters. The van der Waals surface area contributed by atoms with E-state index in [1.54, 1.807) is 38.0 Å². The highest BCUT2D eigenvalue weighted by Crippen LogP contribution is 2.43. The van der Waals surface area contributed by atoms with Crippen LogP contribution in [0.15, 0.2) is 96.0 Å². The molecule has 4 aliphatic heterocycles. The Hall–Kier alpha value is -6.26. The molecular formula is C63H75N5O12S3. The van der Waals surface area contributed by atoms with Crippen LogP contribution in [0.25, 0.3) is 0 Å². The topological polar surface area (TPSA) is 175 Å². The quantitative estimate of drug-likeness (QED) is 0.0110. The van der Waals surface area contributed by atoms with Crippen molar-refractivity contribution in [2.75, 3.05) is 101 Å². The second kappa shape index (κ2) is 27.6. The number of anilines is 3. The Morgan fingerprint density at radius 1 is 0.819 bits per heavy atom. The minimum Gasteiger partial charge on any atom is -0.493 e. The van der Waals surface area contributed by atoms with Gasteiger partial charge in [-0.2, -0.15) is 8.42 Å². The molecule has 0 fully saturated rings. The fourth-order valence-corrected chi connectivity index (χ4v) is 15.0. The molecule has 0 spiro atoms. The minimum absolute atomic E-state index is 0.0179. The molecule has 1 unspecified atom stereocenters. The molecule has 4 aliphatic rings. The summed E-state index contributed by atoms with van der Waals surface area (Å²) in [6.45, 7) is 11.1. The number of ether oxygens (including phenoxy) is 6. The third-order valence-electron chi connectivity index (χ3n) is 15.3. The van der Waals surface area contributed by atoms with Crippen molar-refractivity contribution >= 4 is 84.5 Å². The fourth-order valence-electron chi connectivity index (χ4n) is 11.2. The number of benzene rings is 5. The summed E-state index contributed by atoms with van der Waals surface area (Å²) < 4.78 is 68.5. The van der Waals surface area contributed by atoms with Gasteiger partial charge < -0.3 is 47.7 Å². The van der Waals surface area contributed by atoms with E-state index in [9.17, 15) is 22.8 Å². The Kier molecular flexibility index (Phi) is 20.4. The van der Waals surface area contributed by atoms with E-state index in [1.165, 1.54) is 22.6 Å². The normalized spacial score (nSPS) is 16.7. The molecule has 0 bridgehead atoms. The molecule has 0 saturated heterocycles. The summed E-state index contributed by atoms with van der Waals surface area (Å²) in [5.41, 5.74) is 10.4.